The quantitative estimate of drug-likeness (QED) is 0.684. The number of alkyl carbamates (subject to hydrolysis) is 1. The van der Waals surface area contributed by atoms with Crippen molar-refractivity contribution in [3.63, 3.8) is 0 Å². The summed E-state index contributed by atoms with van der Waals surface area (Å²) in [5.41, 5.74) is -0.599. The van der Waals surface area contributed by atoms with E-state index in [1.54, 1.807) is 27.7 Å². The molecule has 0 aliphatic carbocycles. The maximum absolute atomic E-state index is 11.6. The number of rotatable bonds is 6. The number of amides is 1. The summed E-state index contributed by atoms with van der Waals surface area (Å²) >= 11 is 0. The Kier molecular flexibility index (Phi) is 6.83. The molecule has 6 nitrogen and oxygen atoms in total. The lowest BCUT2D eigenvalue weighted by Gasteiger charge is -2.25. The average molecular weight is 274 g/mol. The third kappa shape index (κ3) is 8.42. The molecule has 0 aromatic heterocycles. The molecule has 0 aliphatic rings. The zero-order valence-electron chi connectivity index (χ0n) is 12.6. The van der Waals surface area contributed by atoms with E-state index < -0.39 is 29.6 Å². The van der Waals surface area contributed by atoms with E-state index in [0.717, 1.165) is 0 Å². The molecule has 0 rings (SSSR count). The van der Waals surface area contributed by atoms with E-state index in [0.29, 0.717) is 6.54 Å². The summed E-state index contributed by atoms with van der Waals surface area (Å²) in [6.07, 6.45) is -0.601. The number of aliphatic carboxylic acids is 1. The van der Waals surface area contributed by atoms with Crippen LogP contribution in [-0.4, -0.2) is 41.4 Å². The molecule has 112 valence electrons. The molecule has 0 fully saturated rings. The molecule has 0 bridgehead atoms. The first kappa shape index (κ1) is 17.7. The highest BCUT2D eigenvalue weighted by Gasteiger charge is 2.27. The fourth-order valence-corrected chi connectivity index (χ4v) is 1.43. The SMILES string of the molecule is CC(C)NCC(C(=O)O)[C@@H](C)NC(=O)OC(C)(C)C. The van der Waals surface area contributed by atoms with Crippen LogP contribution in [-0.2, 0) is 9.53 Å². The monoisotopic (exact) mass is 274 g/mol. The third-order valence-corrected chi connectivity index (χ3v) is 2.41. The highest BCUT2D eigenvalue weighted by molar-refractivity contribution is 5.73. The second kappa shape index (κ2) is 7.33. The second-order valence-electron chi connectivity index (χ2n) is 5.94. The van der Waals surface area contributed by atoms with Gasteiger partial charge in [-0.25, -0.2) is 4.79 Å². The predicted octanol–water partition coefficient (Wildman–Crippen LogP) is 1.60. The van der Waals surface area contributed by atoms with Crippen molar-refractivity contribution in [2.45, 2.75) is 59.2 Å². The van der Waals surface area contributed by atoms with E-state index in [4.69, 9.17) is 9.84 Å². The van der Waals surface area contributed by atoms with Crippen molar-refractivity contribution in [3.05, 3.63) is 0 Å². The molecule has 0 saturated heterocycles. The summed E-state index contributed by atoms with van der Waals surface area (Å²) < 4.78 is 5.10. The first-order valence-electron chi connectivity index (χ1n) is 6.48. The number of carbonyl (C=O) groups is 2. The topological polar surface area (TPSA) is 87.7 Å². The largest absolute Gasteiger partial charge is 0.481 e. The first-order chi connectivity index (χ1) is 8.53. The number of hydrogen-bond acceptors (Lipinski definition) is 4. The van der Waals surface area contributed by atoms with Gasteiger partial charge >= 0.3 is 12.1 Å². The van der Waals surface area contributed by atoms with E-state index in [2.05, 4.69) is 10.6 Å². The highest BCUT2D eigenvalue weighted by atomic mass is 16.6. The van der Waals surface area contributed by atoms with Crippen LogP contribution in [0.5, 0.6) is 0 Å². The van der Waals surface area contributed by atoms with Gasteiger partial charge in [0.1, 0.15) is 5.60 Å². The van der Waals surface area contributed by atoms with Gasteiger partial charge in [-0.1, -0.05) is 13.8 Å². The number of carboxylic acid groups (broad SMARTS) is 1. The standard InChI is InChI=1S/C13H26N2O4/c1-8(2)14-7-10(11(16)17)9(3)15-12(18)19-13(4,5)6/h8-10,14H,7H2,1-6H3,(H,15,18)(H,16,17)/t9-,10?/m1/s1. The molecule has 0 heterocycles. The Morgan fingerprint density at radius 1 is 1.21 bits per heavy atom. The van der Waals surface area contributed by atoms with Crippen molar-refractivity contribution in [1.29, 1.82) is 0 Å². The minimum Gasteiger partial charge on any atom is -0.481 e. The number of carboxylic acids is 1. The molecular formula is C13H26N2O4. The van der Waals surface area contributed by atoms with Crippen LogP contribution in [0.15, 0.2) is 0 Å². The van der Waals surface area contributed by atoms with Crippen LogP contribution in [0.3, 0.4) is 0 Å². The minimum absolute atomic E-state index is 0.190. The van der Waals surface area contributed by atoms with Gasteiger partial charge in [0.25, 0.3) is 0 Å². The van der Waals surface area contributed by atoms with Gasteiger partial charge in [-0.3, -0.25) is 4.79 Å². The molecule has 0 aromatic carbocycles. The fraction of sp³-hybridized carbons (Fsp3) is 0.846. The van der Waals surface area contributed by atoms with Crippen LogP contribution >= 0.6 is 0 Å². The maximum atomic E-state index is 11.6. The summed E-state index contributed by atoms with van der Waals surface area (Å²) in [6, 6.07) is -0.325. The highest BCUT2D eigenvalue weighted by Crippen LogP contribution is 2.09. The zero-order valence-corrected chi connectivity index (χ0v) is 12.6. The maximum Gasteiger partial charge on any atom is 0.407 e. The van der Waals surface area contributed by atoms with E-state index in [9.17, 15) is 9.59 Å². The number of carbonyl (C=O) groups excluding carboxylic acids is 1. The Hall–Kier alpha value is -1.30. The molecule has 1 amide bonds. The molecule has 1 unspecified atom stereocenters. The molecule has 0 saturated carbocycles. The van der Waals surface area contributed by atoms with Crippen molar-refractivity contribution >= 4 is 12.1 Å². The summed E-state index contributed by atoms with van der Waals surface area (Å²) in [5.74, 6) is -1.65. The van der Waals surface area contributed by atoms with Crippen molar-refractivity contribution in [2.75, 3.05) is 6.54 Å². The lowest BCUT2D eigenvalue weighted by molar-refractivity contribution is -0.142. The average Bonchev–Trinajstić information content (AvgIpc) is 2.12. The normalized spacial score (nSPS) is 14.9. The Morgan fingerprint density at radius 3 is 2.11 bits per heavy atom. The van der Waals surface area contributed by atoms with Crippen LogP contribution in [0.1, 0.15) is 41.5 Å². The molecule has 6 heteroatoms. The Bertz CT molecular complexity index is 310. The fourth-order valence-electron chi connectivity index (χ4n) is 1.43. The third-order valence-electron chi connectivity index (χ3n) is 2.41. The van der Waals surface area contributed by atoms with Crippen LogP contribution in [0.4, 0.5) is 4.79 Å². The van der Waals surface area contributed by atoms with E-state index in [1.165, 1.54) is 0 Å². The summed E-state index contributed by atoms with van der Waals surface area (Å²) in [6.45, 7) is 11.1. The molecule has 0 spiro atoms. The molecule has 3 N–H and O–H groups in total. The van der Waals surface area contributed by atoms with E-state index in [1.807, 2.05) is 13.8 Å². The lowest BCUT2D eigenvalue weighted by atomic mass is 10.0. The second-order valence-corrected chi connectivity index (χ2v) is 5.94. The van der Waals surface area contributed by atoms with Gasteiger partial charge in [0, 0.05) is 18.6 Å². The van der Waals surface area contributed by atoms with Gasteiger partial charge in [0.2, 0.25) is 0 Å². The Balaban J connectivity index is 4.44. The van der Waals surface area contributed by atoms with Gasteiger partial charge in [-0.15, -0.1) is 0 Å². The van der Waals surface area contributed by atoms with Crippen LogP contribution < -0.4 is 10.6 Å². The van der Waals surface area contributed by atoms with Gasteiger partial charge < -0.3 is 20.5 Å². The summed E-state index contributed by atoms with van der Waals surface area (Å²) in [7, 11) is 0. The van der Waals surface area contributed by atoms with Crippen LogP contribution in [0.25, 0.3) is 0 Å². The molecule has 0 aromatic rings. The molecule has 0 radical (unpaired) electrons. The lowest BCUT2D eigenvalue weighted by Crippen LogP contribution is -2.47. The molecule has 19 heavy (non-hydrogen) atoms. The van der Waals surface area contributed by atoms with Gasteiger partial charge in [0.05, 0.1) is 5.92 Å². The van der Waals surface area contributed by atoms with Gasteiger partial charge in [-0.2, -0.15) is 0 Å². The van der Waals surface area contributed by atoms with Crippen molar-refractivity contribution in [2.24, 2.45) is 5.92 Å². The number of hydrogen-bond donors (Lipinski definition) is 3. The van der Waals surface area contributed by atoms with Crippen LogP contribution in [0, 0.1) is 5.92 Å². The predicted molar refractivity (Wildman–Crippen MR) is 73.1 cm³/mol. The molecule has 0 aliphatic heterocycles. The Labute approximate surface area is 114 Å². The van der Waals surface area contributed by atoms with Gasteiger partial charge in [-0.05, 0) is 27.7 Å². The van der Waals surface area contributed by atoms with Gasteiger partial charge in [0.15, 0.2) is 0 Å². The van der Waals surface area contributed by atoms with Crippen LogP contribution in [0.2, 0.25) is 0 Å². The number of nitrogens with one attached hydrogen (secondary N) is 2. The van der Waals surface area contributed by atoms with Crippen molar-refractivity contribution in [3.8, 4) is 0 Å². The minimum atomic E-state index is -0.947. The van der Waals surface area contributed by atoms with Crippen molar-refractivity contribution in [1.82, 2.24) is 10.6 Å². The molecular weight excluding hydrogens is 248 g/mol. The Morgan fingerprint density at radius 2 is 1.74 bits per heavy atom. The van der Waals surface area contributed by atoms with Crippen molar-refractivity contribution < 1.29 is 19.4 Å². The zero-order chi connectivity index (χ0) is 15.2. The summed E-state index contributed by atoms with van der Waals surface area (Å²) in [5, 5.41) is 14.8. The smallest absolute Gasteiger partial charge is 0.407 e. The van der Waals surface area contributed by atoms with E-state index in [-0.39, 0.29) is 6.04 Å². The number of ether oxygens (including phenoxy) is 1. The molecule has 2 atom stereocenters. The summed E-state index contributed by atoms with van der Waals surface area (Å²) in [4.78, 5) is 22.8. The van der Waals surface area contributed by atoms with E-state index >= 15 is 0 Å². The first-order valence-corrected chi connectivity index (χ1v) is 6.48.